The maximum Gasteiger partial charge on any atom is 0.314 e. The minimum Gasteiger partial charge on any atom is -0.469 e. The van der Waals surface area contributed by atoms with Gasteiger partial charge in [-0.2, -0.15) is 0 Å². The van der Waals surface area contributed by atoms with Crippen LogP contribution in [-0.4, -0.2) is 35.7 Å². The van der Waals surface area contributed by atoms with E-state index in [9.17, 15) is 4.79 Å². The van der Waals surface area contributed by atoms with Crippen LogP contribution in [0.5, 0.6) is 0 Å². The highest BCUT2D eigenvalue weighted by atomic mass is 16.5. The maximum atomic E-state index is 11.8. The number of fused-ring (bicyclic) bond motifs is 1. The molecule has 5 nitrogen and oxygen atoms in total. The fourth-order valence-electron chi connectivity index (χ4n) is 3.31. The topological polar surface area (TPSA) is 56.2 Å². The molecule has 5 heteroatoms. The summed E-state index contributed by atoms with van der Waals surface area (Å²) >= 11 is 0. The Morgan fingerprint density at radius 3 is 2.95 bits per heavy atom. The molecule has 0 aromatic carbocycles. The van der Waals surface area contributed by atoms with Crippen molar-refractivity contribution >= 4 is 5.97 Å². The molecule has 0 spiro atoms. The van der Waals surface area contributed by atoms with E-state index in [1.54, 1.807) is 0 Å². The van der Waals surface area contributed by atoms with E-state index < -0.39 is 0 Å². The summed E-state index contributed by atoms with van der Waals surface area (Å²) in [5, 5.41) is 3.38. The molecule has 0 aliphatic carbocycles. The number of rotatable bonds is 2. The van der Waals surface area contributed by atoms with Crippen LogP contribution in [0.15, 0.2) is 6.20 Å². The van der Waals surface area contributed by atoms with E-state index in [1.165, 1.54) is 12.9 Å². The van der Waals surface area contributed by atoms with Gasteiger partial charge >= 0.3 is 5.97 Å². The van der Waals surface area contributed by atoms with E-state index >= 15 is 0 Å². The zero-order chi connectivity index (χ0) is 13.2. The summed E-state index contributed by atoms with van der Waals surface area (Å²) < 4.78 is 7.18. The highest BCUT2D eigenvalue weighted by molar-refractivity contribution is 5.77. The Balaban J connectivity index is 1.89. The van der Waals surface area contributed by atoms with E-state index in [0.717, 1.165) is 51.0 Å². The Hall–Kier alpha value is -1.36. The summed E-state index contributed by atoms with van der Waals surface area (Å²) in [6.07, 6.45) is 6.07. The number of methoxy groups -OCH3 is 1. The van der Waals surface area contributed by atoms with Gasteiger partial charge in [0.25, 0.3) is 0 Å². The Labute approximate surface area is 113 Å². The number of nitrogens with one attached hydrogen (secondary N) is 1. The van der Waals surface area contributed by atoms with Gasteiger partial charge < -0.3 is 14.6 Å². The van der Waals surface area contributed by atoms with Gasteiger partial charge in [0.1, 0.15) is 5.82 Å². The summed E-state index contributed by atoms with van der Waals surface area (Å²) in [6, 6.07) is 0. The zero-order valence-electron chi connectivity index (χ0n) is 11.4. The van der Waals surface area contributed by atoms with Crippen molar-refractivity contribution in [3.63, 3.8) is 0 Å². The first-order valence-electron chi connectivity index (χ1n) is 7.15. The molecule has 3 heterocycles. The third-order valence-electron chi connectivity index (χ3n) is 4.34. The van der Waals surface area contributed by atoms with Crippen molar-refractivity contribution in [1.29, 1.82) is 0 Å². The lowest BCUT2D eigenvalue weighted by Crippen LogP contribution is -2.29. The van der Waals surface area contributed by atoms with Crippen molar-refractivity contribution in [3.8, 4) is 0 Å². The Bertz CT molecular complexity index is 463. The Kier molecular flexibility index (Phi) is 3.55. The van der Waals surface area contributed by atoms with Gasteiger partial charge in [-0.15, -0.1) is 0 Å². The van der Waals surface area contributed by atoms with Crippen molar-refractivity contribution < 1.29 is 9.53 Å². The lowest BCUT2D eigenvalue weighted by atomic mass is 9.94. The van der Waals surface area contributed by atoms with Gasteiger partial charge in [0.15, 0.2) is 0 Å². The molecular weight excluding hydrogens is 242 g/mol. The van der Waals surface area contributed by atoms with Crippen molar-refractivity contribution in [1.82, 2.24) is 14.9 Å². The summed E-state index contributed by atoms with van der Waals surface area (Å²) in [7, 11) is 1.46. The quantitative estimate of drug-likeness (QED) is 0.819. The summed E-state index contributed by atoms with van der Waals surface area (Å²) in [4.78, 5) is 16.5. The highest BCUT2D eigenvalue weighted by Gasteiger charge is 2.31. The van der Waals surface area contributed by atoms with Gasteiger partial charge in [0.05, 0.1) is 18.7 Å². The van der Waals surface area contributed by atoms with Gasteiger partial charge in [-0.3, -0.25) is 4.79 Å². The molecule has 0 radical (unpaired) electrons. The van der Waals surface area contributed by atoms with Crippen molar-refractivity contribution in [2.24, 2.45) is 0 Å². The molecule has 1 aromatic rings. The molecule has 1 N–H and O–H groups in total. The second-order valence-electron chi connectivity index (χ2n) is 5.44. The number of esters is 1. The number of aromatic nitrogens is 2. The van der Waals surface area contributed by atoms with E-state index in [0.29, 0.717) is 5.92 Å². The number of hydrogen-bond acceptors (Lipinski definition) is 4. The molecule has 0 saturated carbocycles. The lowest BCUT2D eigenvalue weighted by Gasteiger charge is -2.27. The van der Waals surface area contributed by atoms with Crippen LogP contribution in [0.25, 0.3) is 0 Å². The first-order valence-corrected chi connectivity index (χ1v) is 7.15. The molecule has 1 atom stereocenters. The minimum absolute atomic E-state index is 0.123. The van der Waals surface area contributed by atoms with E-state index in [1.807, 2.05) is 6.20 Å². The van der Waals surface area contributed by atoms with E-state index in [2.05, 4.69) is 14.9 Å². The molecule has 0 amide bonds. The predicted molar refractivity (Wildman–Crippen MR) is 71.1 cm³/mol. The molecule has 2 aliphatic rings. The number of carbonyl (C=O) groups is 1. The van der Waals surface area contributed by atoms with Crippen LogP contribution in [0.1, 0.15) is 49.0 Å². The first-order chi connectivity index (χ1) is 9.31. The van der Waals surface area contributed by atoms with Crippen LogP contribution in [0.3, 0.4) is 0 Å². The van der Waals surface area contributed by atoms with Gasteiger partial charge in [-0.1, -0.05) is 0 Å². The third kappa shape index (κ3) is 2.27. The molecule has 2 aliphatic heterocycles. The summed E-state index contributed by atoms with van der Waals surface area (Å²) in [5.41, 5.74) is 1.05. The molecule has 1 unspecified atom stereocenters. The first kappa shape index (κ1) is 12.7. The number of hydrogen-bond donors (Lipinski definition) is 1. The third-order valence-corrected chi connectivity index (χ3v) is 4.34. The van der Waals surface area contributed by atoms with E-state index in [-0.39, 0.29) is 11.9 Å². The van der Waals surface area contributed by atoms with Gasteiger partial charge in [-0.25, -0.2) is 4.98 Å². The molecule has 3 rings (SSSR count). The smallest absolute Gasteiger partial charge is 0.314 e. The number of carbonyl (C=O) groups excluding carboxylic acids is 1. The largest absolute Gasteiger partial charge is 0.469 e. The van der Waals surface area contributed by atoms with Gasteiger partial charge in [0, 0.05) is 18.7 Å². The predicted octanol–water partition coefficient (Wildman–Crippen LogP) is 1.40. The number of piperidine rings is 1. The molecule has 104 valence electrons. The molecule has 1 saturated heterocycles. The summed E-state index contributed by atoms with van der Waals surface area (Å²) in [6.45, 7) is 3.11. The normalized spacial score (nSPS) is 23.9. The fourth-order valence-corrected chi connectivity index (χ4v) is 3.31. The lowest BCUT2D eigenvalue weighted by molar-refractivity contribution is -0.143. The van der Waals surface area contributed by atoms with Crippen molar-refractivity contribution in [3.05, 3.63) is 17.7 Å². The summed E-state index contributed by atoms with van der Waals surface area (Å²) in [5.74, 6) is 1.45. The number of ether oxygens (including phenoxy) is 1. The van der Waals surface area contributed by atoms with Crippen LogP contribution in [-0.2, 0) is 16.1 Å². The van der Waals surface area contributed by atoms with Gasteiger partial charge in [-0.05, 0) is 38.8 Å². The van der Waals surface area contributed by atoms with Crippen LogP contribution in [0.4, 0.5) is 0 Å². The molecular formula is C14H21N3O2. The Morgan fingerprint density at radius 2 is 2.21 bits per heavy atom. The SMILES string of the molecule is COC(=O)C1CCCn2c1cnc2C1CCNCC1. The second kappa shape index (κ2) is 5.33. The van der Waals surface area contributed by atoms with Gasteiger partial charge in [0.2, 0.25) is 0 Å². The second-order valence-corrected chi connectivity index (χ2v) is 5.44. The zero-order valence-corrected chi connectivity index (χ0v) is 11.4. The average molecular weight is 263 g/mol. The average Bonchev–Trinajstić information content (AvgIpc) is 2.91. The van der Waals surface area contributed by atoms with Crippen LogP contribution < -0.4 is 5.32 Å². The maximum absolute atomic E-state index is 11.8. The van der Waals surface area contributed by atoms with Crippen LogP contribution in [0.2, 0.25) is 0 Å². The minimum atomic E-state index is -0.127. The van der Waals surface area contributed by atoms with Crippen LogP contribution >= 0.6 is 0 Å². The van der Waals surface area contributed by atoms with Crippen molar-refractivity contribution in [2.45, 2.75) is 44.1 Å². The van der Waals surface area contributed by atoms with Crippen molar-refractivity contribution in [2.75, 3.05) is 20.2 Å². The molecule has 19 heavy (non-hydrogen) atoms. The molecule has 1 fully saturated rings. The number of imidazole rings is 1. The Morgan fingerprint density at radius 1 is 1.42 bits per heavy atom. The monoisotopic (exact) mass is 263 g/mol. The number of nitrogens with zero attached hydrogens (tertiary/aromatic N) is 2. The van der Waals surface area contributed by atoms with Crippen LogP contribution in [0, 0.1) is 0 Å². The fraction of sp³-hybridized carbons (Fsp3) is 0.714. The standard InChI is InChI=1S/C14H21N3O2/c1-19-14(18)11-3-2-8-17-12(11)9-16-13(17)10-4-6-15-7-5-10/h9-11,15H,2-8H2,1H3. The molecule has 0 bridgehead atoms. The highest BCUT2D eigenvalue weighted by Crippen LogP contribution is 2.33. The molecule has 1 aromatic heterocycles. The van der Waals surface area contributed by atoms with E-state index in [4.69, 9.17) is 4.74 Å².